The maximum Gasteiger partial charge on any atom is 0.277 e. The third-order valence-corrected chi connectivity index (χ3v) is 3.11. The highest BCUT2D eigenvalue weighted by Crippen LogP contribution is 2.31. The molecule has 0 N–H and O–H groups in total. The molecule has 19 heavy (non-hydrogen) atoms. The molecule has 0 aromatic heterocycles. The van der Waals surface area contributed by atoms with Gasteiger partial charge in [-0.2, -0.15) is 0 Å². The van der Waals surface area contributed by atoms with Crippen molar-refractivity contribution in [3.05, 3.63) is 80.6 Å². The van der Waals surface area contributed by atoms with Crippen LogP contribution < -0.4 is 0 Å². The summed E-state index contributed by atoms with van der Waals surface area (Å²) in [7, 11) is 0. The predicted molar refractivity (Wildman–Crippen MR) is 75.5 cm³/mol. The summed E-state index contributed by atoms with van der Waals surface area (Å²) < 4.78 is 12.9. The van der Waals surface area contributed by atoms with E-state index < -0.39 is 4.92 Å². The van der Waals surface area contributed by atoms with Gasteiger partial charge in [0.15, 0.2) is 0 Å². The molecule has 0 atom stereocenters. The Bertz CT molecular complexity index is 638. The van der Waals surface area contributed by atoms with Crippen LogP contribution in [0.5, 0.6) is 0 Å². The highest BCUT2D eigenvalue weighted by atomic mass is 79.9. The maximum atomic E-state index is 12.9. The number of hydrogen-bond donors (Lipinski definition) is 0. The lowest BCUT2D eigenvalue weighted by Crippen LogP contribution is -1.95. The summed E-state index contributed by atoms with van der Waals surface area (Å²) >= 11 is 3.21. The highest BCUT2D eigenvalue weighted by molar-refractivity contribution is 9.11. The molecule has 0 saturated carbocycles. The van der Waals surface area contributed by atoms with Gasteiger partial charge in [-0.15, -0.1) is 0 Å². The lowest BCUT2D eigenvalue weighted by molar-refractivity contribution is -0.385. The standard InChI is InChI=1S/C14H9BrFNO2/c15-9-13(10-5-7-11(16)8-6-10)12-3-1-2-4-14(12)17(18)19/h1-9H/b13-9+. The normalized spacial score (nSPS) is 11.4. The van der Waals surface area contributed by atoms with Crippen molar-refractivity contribution in [3.8, 4) is 0 Å². The lowest BCUT2D eigenvalue weighted by Gasteiger charge is -2.07. The van der Waals surface area contributed by atoms with E-state index in [0.717, 1.165) is 0 Å². The third kappa shape index (κ3) is 2.88. The van der Waals surface area contributed by atoms with Crippen molar-refractivity contribution < 1.29 is 9.31 Å². The van der Waals surface area contributed by atoms with Crippen molar-refractivity contribution in [2.75, 3.05) is 0 Å². The van der Waals surface area contributed by atoms with Gasteiger partial charge in [0, 0.05) is 11.6 Å². The monoisotopic (exact) mass is 321 g/mol. The average Bonchev–Trinajstić information content (AvgIpc) is 2.42. The highest BCUT2D eigenvalue weighted by Gasteiger charge is 2.17. The predicted octanol–water partition coefficient (Wildman–Crippen LogP) is 4.52. The number of nitro benzene ring substituents is 1. The van der Waals surface area contributed by atoms with E-state index in [1.54, 1.807) is 35.3 Å². The van der Waals surface area contributed by atoms with Crippen molar-refractivity contribution >= 4 is 27.2 Å². The molecule has 0 unspecified atom stereocenters. The first-order valence-corrected chi connectivity index (χ1v) is 6.35. The quantitative estimate of drug-likeness (QED) is 0.616. The van der Waals surface area contributed by atoms with Gasteiger partial charge >= 0.3 is 0 Å². The molecule has 2 rings (SSSR count). The van der Waals surface area contributed by atoms with Crippen molar-refractivity contribution in [1.29, 1.82) is 0 Å². The van der Waals surface area contributed by atoms with Gasteiger partial charge < -0.3 is 0 Å². The fourth-order valence-corrected chi connectivity index (χ4v) is 2.28. The zero-order valence-electron chi connectivity index (χ0n) is 9.72. The van der Waals surface area contributed by atoms with Crippen LogP contribution in [0, 0.1) is 15.9 Å². The van der Waals surface area contributed by atoms with Gasteiger partial charge in [-0.3, -0.25) is 10.1 Å². The second-order valence-electron chi connectivity index (χ2n) is 3.80. The molecule has 0 saturated heterocycles. The van der Waals surface area contributed by atoms with E-state index in [2.05, 4.69) is 15.9 Å². The Morgan fingerprint density at radius 2 is 1.79 bits per heavy atom. The van der Waals surface area contributed by atoms with Crippen LogP contribution in [0.15, 0.2) is 53.5 Å². The Labute approximate surface area is 117 Å². The minimum atomic E-state index is -0.435. The van der Waals surface area contributed by atoms with Crippen molar-refractivity contribution in [3.63, 3.8) is 0 Å². The molecule has 0 fully saturated rings. The second kappa shape index (κ2) is 5.75. The summed E-state index contributed by atoms with van der Waals surface area (Å²) in [4.78, 5) is 12.2. The van der Waals surface area contributed by atoms with Gasteiger partial charge in [0.1, 0.15) is 5.82 Å². The molecule has 0 amide bonds. The molecule has 0 spiro atoms. The van der Waals surface area contributed by atoms with Crippen molar-refractivity contribution in [2.24, 2.45) is 0 Å². The maximum absolute atomic E-state index is 12.9. The molecule has 96 valence electrons. The average molecular weight is 322 g/mol. The summed E-state index contributed by atoms with van der Waals surface area (Å²) in [6, 6.07) is 12.2. The van der Waals surface area contributed by atoms with Gasteiger partial charge in [0.05, 0.1) is 10.5 Å². The Hall–Kier alpha value is -2.01. The van der Waals surface area contributed by atoms with Crippen LogP contribution in [0.1, 0.15) is 11.1 Å². The molecule has 2 aromatic rings. The summed E-state index contributed by atoms with van der Waals surface area (Å²) in [5, 5.41) is 11.0. The molecule has 2 aromatic carbocycles. The van der Waals surface area contributed by atoms with E-state index in [9.17, 15) is 14.5 Å². The van der Waals surface area contributed by atoms with Gasteiger partial charge in [-0.1, -0.05) is 40.2 Å². The summed E-state index contributed by atoms with van der Waals surface area (Å²) in [5.41, 5.74) is 1.83. The Morgan fingerprint density at radius 1 is 1.16 bits per heavy atom. The second-order valence-corrected chi connectivity index (χ2v) is 4.26. The van der Waals surface area contributed by atoms with E-state index in [1.165, 1.54) is 18.2 Å². The molecule has 0 heterocycles. The van der Waals surface area contributed by atoms with Crippen LogP contribution in [-0.2, 0) is 0 Å². The minimum Gasteiger partial charge on any atom is -0.258 e. The van der Waals surface area contributed by atoms with Crippen LogP contribution in [0.3, 0.4) is 0 Å². The van der Waals surface area contributed by atoms with E-state index >= 15 is 0 Å². The number of benzene rings is 2. The van der Waals surface area contributed by atoms with Crippen LogP contribution in [0.25, 0.3) is 5.57 Å². The van der Waals surface area contributed by atoms with Gasteiger partial charge in [0.2, 0.25) is 0 Å². The number of nitro groups is 1. The fraction of sp³-hybridized carbons (Fsp3) is 0. The first kappa shape index (κ1) is 13.4. The van der Waals surface area contributed by atoms with E-state index in [1.807, 2.05) is 0 Å². The van der Waals surface area contributed by atoms with Crippen LogP contribution in [-0.4, -0.2) is 4.92 Å². The molecule has 5 heteroatoms. The van der Waals surface area contributed by atoms with Crippen molar-refractivity contribution in [1.82, 2.24) is 0 Å². The zero-order valence-corrected chi connectivity index (χ0v) is 11.3. The smallest absolute Gasteiger partial charge is 0.258 e. The SMILES string of the molecule is O=[N+]([O-])c1ccccc1/C(=C/Br)c1ccc(F)cc1. The van der Waals surface area contributed by atoms with E-state index in [0.29, 0.717) is 16.7 Å². The third-order valence-electron chi connectivity index (χ3n) is 2.66. The molecule has 0 aliphatic carbocycles. The van der Waals surface area contributed by atoms with Gasteiger partial charge in [-0.25, -0.2) is 4.39 Å². The Kier molecular flexibility index (Phi) is 4.06. The molecule has 0 radical (unpaired) electrons. The summed E-state index contributed by atoms with van der Waals surface area (Å²) in [5.74, 6) is -0.347. The number of hydrogen-bond acceptors (Lipinski definition) is 2. The number of nitrogens with zero attached hydrogens (tertiary/aromatic N) is 1. The first-order chi connectivity index (χ1) is 9.13. The van der Waals surface area contributed by atoms with Gasteiger partial charge in [-0.05, 0) is 28.7 Å². The van der Waals surface area contributed by atoms with Crippen LogP contribution in [0.4, 0.5) is 10.1 Å². The number of halogens is 2. The summed E-state index contributed by atoms with van der Waals surface area (Å²) in [6.07, 6.45) is 0. The molecule has 3 nitrogen and oxygen atoms in total. The zero-order chi connectivity index (χ0) is 13.8. The van der Waals surface area contributed by atoms with E-state index in [-0.39, 0.29) is 11.5 Å². The first-order valence-electron chi connectivity index (χ1n) is 5.43. The van der Waals surface area contributed by atoms with Crippen LogP contribution >= 0.6 is 15.9 Å². The minimum absolute atomic E-state index is 0.0116. The lowest BCUT2D eigenvalue weighted by atomic mass is 9.98. The molecular formula is C14H9BrFNO2. The summed E-state index contributed by atoms with van der Waals surface area (Å²) in [6.45, 7) is 0. The van der Waals surface area contributed by atoms with E-state index in [4.69, 9.17) is 0 Å². The molecular weight excluding hydrogens is 313 g/mol. The Balaban J connectivity index is 2.55. The van der Waals surface area contributed by atoms with Crippen molar-refractivity contribution in [2.45, 2.75) is 0 Å². The van der Waals surface area contributed by atoms with Crippen LogP contribution in [0.2, 0.25) is 0 Å². The molecule has 0 aliphatic rings. The molecule has 0 aliphatic heterocycles. The van der Waals surface area contributed by atoms with Gasteiger partial charge in [0.25, 0.3) is 5.69 Å². The number of rotatable bonds is 3. The fourth-order valence-electron chi connectivity index (χ4n) is 1.77. The molecule has 0 bridgehead atoms. The largest absolute Gasteiger partial charge is 0.277 e. The number of para-hydroxylation sites is 1. The Morgan fingerprint density at radius 3 is 2.37 bits per heavy atom. The topological polar surface area (TPSA) is 43.1 Å².